The summed E-state index contributed by atoms with van der Waals surface area (Å²) in [6.07, 6.45) is 10.3. The van der Waals surface area contributed by atoms with Crippen LogP contribution in [-0.4, -0.2) is 57.3 Å². The van der Waals surface area contributed by atoms with Gasteiger partial charge in [-0.2, -0.15) is 0 Å². The third-order valence-corrected chi connectivity index (χ3v) is 7.36. The second-order valence-electron chi connectivity index (χ2n) is 8.92. The monoisotopic (exact) mass is 386 g/mol. The summed E-state index contributed by atoms with van der Waals surface area (Å²) in [5.41, 5.74) is -0.343. The van der Waals surface area contributed by atoms with Gasteiger partial charge >= 0.3 is 0 Å². The number of likely N-dealkylation sites (tertiary alicyclic amines) is 1. The van der Waals surface area contributed by atoms with Crippen LogP contribution in [0.1, 0.15) is 64.7 Å². The van der Waals surface area contributed by atoms with Crippen LogP contribution in [0.5, 0.6) is 0 Å². The molecular weight excluding hydrogens is 352 g/mol. The van der Waals surface area contributed by atoms with Crippen molar-refractivity contribution in [1.82, 2.24) is 9.62 Å². The Hall–Kier alpha value is -0.660. The van der Waals surface area contributed by atoms with E-state index in [1.807, 2.05) is 0 Å². The maximum absolute atomic E-state index is 13.0. The number of hydrogen-bond acceptors (Lipinski definition) is 4. The van der Waals surface area contributed by atoms with Gasteiger partial charge in [0.1, 0.15) is 0 Å². The normalized spacial score (nSPS) is 28.8. The lowest BCUT2D eigenvalue weighted by atomic mass is 9.73. The molecular formula is C19H34N2O4S. The van der Waals surface area contributed by atoms with Crippen molar-refractivity contribution in [1.29, 1.82) is 0 Å². The van der Waals surface area contributed by atoms with Crippen molar-refractivity contribution < 1.29 is 17.9 Å². The third-order valence-electron chi connectivity index (χ3n) is 6.66. The van der Waals surface area contributed by atoms with Crippen LogP contribution in [0.4, 0.5) is 0 Å². The minimum atomic E-state index is -3.15. The Morgan fingerprint density at radius 2 is 1.81 bits per heavy atom. The molecule has 0 aromatic heterocycles. The van der Waals surface area contributed by atoms with Gasteiger partial charge < -0.3 is 9.64 Å². The first-order valence-corrected chi connectivity index (χ1v) is 12.0. The van der Waals surface area contributed by atoms with Crippen LogP contribution in [-0.2, 0) is 19.6 Å². The van der Waals surface area contributed by atoms with Gasteiger partial charge in [-0.15, -0.1) is 0 Å². The number of carbonyl (C=O) groups excluding carboxylic acids is 1. The van der Waals surface area contributed by atoms with Gasteiger partial charge in [-0.1, -0.05) is 26.2 Å². The minimum absolute atomic E-state index is 0.169. The summed E-state index contributed by atoms with van der Waals surface area (Å²) in [4.78, 5) is 15.1. The lowest BCUT2D eigenvalue weighted by molar-refractivity contribution is -0.156. The molecule has 1 spiro atoms. The number of amides is 1. The predicted molar refractivity (Wildman–Crippen MR) is 101 cm³/mol. The van der Waals surface area contributed by atoms with Crippen molar-refractivity contribution in [3.63, 3.8) is 0 Å². The molecule has 1 amide bonds. The van der Waals surface area contributed by atoms with Crippen molar-refractivity contribution in [2.45, 2.75) is 70.3 Å². The van der Waals surface area contributed by atoms with E-state index >= 15 is 0 Å². The van der Waals surface area contributed by atoms with Crippen LogP contribution in [0.2, 0.25) is 0 Å². The Morgan fingerprint density at radius 1 is 1.15 bits per heavy atom. The summed E-state index contributed by atoms with van der Waals surface area (Å²) in [5, 5.41) is 0. The summed E-state index contributed by atoms with van der Waals surface area (Å²) >= 11 is 0. The highest BCUT2D eigenvalue weighted by Gasteiger charge is 2.44. The van der Waals surface area contributed by atoms with E-state index in [1.165, 1.54) is 12.7 Å². The molecule has 1 N–H and O–H groups in total. The lowest BCUT2D eigenvalue weighted by Crippen LogP contribution is -2.54. The van der Waals surface area contributed by atoms with Gasteiger partial charge in [-0.3, -0.25) is 4.79 Å². The maximum Gasteiger partial charge on any atom is 0.228 e. The smallest absolute Gasteiger partial charge is 0.228 e. The van der Waals surface area contributed by atoms with E-state index in [0.717, 1.165) is 64.5 Å². The number of carbonyl (C=O) groups is 1. The summed E-state index contributed by atoms with van der Waals surface area (Å²) in [6.45, 7) is 4.84. The highest BCUT2D eigenvalue weighted by Crippen LogP contribution is 2.41. The fourth-order valence-corrected chi connectivity index (χ4v) is 5.50. The second kappa shape index (κ2) is 7.76. The molecule has 1 aliphatic carbocycles. The molecule has 1 atom stereocenters. The molecule has 3 aliphatic rings. The number of ether oxygens (including phenoxy) is 1. The Balaban J connectivity index is 1.54. The third kappa shape index (κ3) is 4.78. The van der Waals surface area contributed by atoms with Crippen molar-refractivity contribution in [3.05, 3.63) is 0 Å². The minimum Gasteiger partial charge on any atom is -0.375 e. The first-order chi connectivity index (χ1) is 12.2. The molecule has 0 aromatic rings. The van der Waals surface area contributed by atoms with Crippen molar-refractivity contribution >= 4 is 15.9 Å². The highest BCUT2D eigenvalue weighted by molar-refractivity contribution is 7.88. The summed E-state index contributed by atoms with van der Waals surface area (Å²) in [5.74, 6) is 0.648. The molecule has 3 fully saturated rings. The zero-order valence-electron chi connectivity index (χ0n) is 16.3. The summed E-state index contributed by atoms with van der Waals surface area (Å²) < 4.78 is 31.5. The molecule has 150 valence electrons. The standard InChI is InChI=1S/C19H34N2O4S/c1-18(7-4-3-5-8-18)17(22)21-11-9-19(10-12-21)14-16(6-13-25-19)15-20-26(2,23)24/h16,20H,3-15H2,1-2H3. The maximum atomic E-state index is 13.0. The average Bonchev–Trinajstić information content (AvgIpc) is 2.60. The van der Waals surface area contributed by atoms with Crippen molar-refractivity contribution in [3.8, 4) is 0 Å². The largest absolute Gasteiger partial charge is 0.375 e. The molecule has 1 unspecified atom stereocenters. The quantitative estimate of drug-likeness (QED) is 0.804. The van der Waals surface area contributed by atoms with E-state index in [0.29, 0.717) is 25.0 Å². The zero-order chi connectivity index (χ0) is 18.8. The molecule has 7 heteroatoms. The fraction of sp³-hybridized carbons (Fsp3) is 0.947. The van der Waals surface area contributed by atoms with E-state index in [2.05, 4.69) is 16.5 Å². The Morgan fingerprint density at radius 3 is 2.42 bits per heavy atom. The molecule has 1 saturated carbocycles. The zero-order valence-corrected chi connectivity index (χ0v) is 17.1. The predicted octanol–water partition coefficient (Wildman–Crippen LogP) is 2.29. The molecule has 0 aromatic carbocycles. The Bertz CT molecular complexity index is 605. The summed E-state index contributed by atoms with van der Waals surface area (Å²) in [7, 11) is -3.15. The number of rotatable bonds is 4. The molecule has 2 heterocycles. The fourth-order valence-electron chi connectivity index (χ4n) is 4.97. The average molecular weight is 387 g/mol. The SMILES string of the molecule is CC1(C(=O)N2CCC3(CC2)CC(CNS(C)(=O)=O)CCO3)CCCCC1. The van der Waals surface area contributed by atoms with Crippen LogP contribution in [0.15, 0.2) is 0 Å². The van der Waals surface area contributed by atoms with E-state index in [9.17, 15) is 13.2 Å². The van der Waals surface area contributed by atoms with Crippen LogP contribution < -0.4 is 4.72 Å². The van der Waals surface area contributed by atoms with Gasteiger partial charge in [0.25, 0.3) is 0 Å². The van der Waals surface area contributed by atoms with E-state index in [4.69, 9.17) is 4.74 Å². The van der Waals surface area contributed by atoms with Crippen LogP contribution in [0.3, 0.4) is 0 Å². The molecule has 3 rings (SSSR count). The van der Waals surface area contributed by atoms with Crippen molar-refractivity contribution in [2.75, 3.05) is 32.5 Å². The molecule has 0 radical (unpaired) electrons. The summed E-state index contributed by atoms with van der Waals surface area (Å²) in [6, 6.07) is 0. The van der Waals surface area contributed by atoms with Crippen LogP contribution in [0, 0.1) is 11.3 Å². The molecule has 26 heavy (non-hydrogen) atoms. The topological polar surface area (TPSA) is 75.7 Å². The lowest BCUT2D eigenvalue weighted by Gasteiger charge is -2.48. The molecule has 0 bridgehead atoms. The van der Waals surface area contributed by atoms with E-state index in [1.54, 1.807) is 0 Å². The van der Waals surface area contributed by atoms with Gasteiger partial charge in [0.15, 0.2) is 0 Å². The van der Waals surface area contributed by atoms with Gasteiger partial charge in [0.2, 0.25) is 15.9 Å². The first kappa shape index (κ1) is 20.1. The molecule has 6 nitrogen and oxygen atoms in total. The number of hydrogen-bond donors (Lipinski definition) is 1. The van der Waals surface area contributed by atoms with Gasteiger partial charge in [-0.25, -0.2) is 13.1 Å². The van der Waals surface area contributed by atoms with Gasteiger partial charge in [0.05, 0.1) is 11.9 Å². The first-order valence-electron chi connectivity index (χ1n) is 10.1. The number of nitrogens with zero attached hydrogens (tertiary/aromatic N) is 1. The highest BCUT2D eigenvalue weighted by atomic mass is 32.2. The number of piperidine rings is 1. The van der Waals surface area contributed by atoms with Gasteiger partial charge in [0, 0.05) is 31.7 Å². The Kier molecular flexibility index (Phi) is 5.99. The number of sulfonamides is 1. The van der Waals surface area contributed by atoms with Crippen LogP contribution >= 0.6 is 0 Å². The van der Waals surface area contributed by atoms with Crippen LogP contribution in [0.25, 0.3) is 0 Å². The Labute approximate surface area is 158 Å². The van der Waals surface area contributed by atoms with E-state index < -0.39 is 10.0 Å². The van der Waals surface area contributed by atoms with Crippen molar-refractivity contribution in [2.24, 2.45) is 11.3 Å². The second-order valence-corrected chi connectivity index (χ2v) is 10.8. The molecule has 2 aliphatic heterocycles. The number of nitrogens with one attached hydrogen (secondary N) is 1. The van der Waals surface area contributed by atoms with E-state index in [-0.39, 0.29) is 11.0 Å². The van der Waals surface area contributed by atoms with Gasteiger partial charge in [-0.05, 0) is 44.4 Å². The molecule has 2 saturated heterocycles.